The lowest BCUT2D eigenvalue weighted by Gasteiger charge is -2.19. The first-order valence-corrected chi connectivity index (χ1v) is 6.86. The summed E-state index contributed by atoms with van der Waals surface area (Å²) >= 11 is 0. The van der Waals surface area contributed by atoms with E-state index in [9.17, 15) is 5.11 Å². The van der Waals surface area contributed by atoms with Crippen LogP contribution in [-0.4, -0.2) is 21.0 Å². The lowest BCUT2D eigenvalue weighted by atomic mass is 9.92. The Balaban J connectivity index is 2.08. The van der Waals surface area contributed by atoms with Gasteiger partial charge in [-0.3, -0.25) is 4.68 Å². The number of aryl methyl sites for hydroxylation is 2. The number of rotatable bonds is 5. The summed E-state index contributed by atoms with van der Waals surface area (Å²) in [6.45, 7) is 4.16. The van der Waals surface area contributed by atoms with Crippen LogP contribution in [0.15, 0.2) is 36.4 Å². The molecule has 0 amide bonds. The van der Waals surface area contributed by atoms with Gasteiger partial charge in [0.2, 0.25) is 0 Å². The van der Waals surface area contributed by atoms with Crippen LogP contribution in [0.1, 0.15) is 36.7 Å². The largest absolute Gasteiger partial charge is 0.392 e. The molecule has 3 heteroatoms. The van der Waals surface area contributed by atoms with Crippen molar-refractivity contribution in [3.8, 4) is 0 Å². The average Bonchev–Trinajstić information content (AvgIpc) is 2.79. The molecule has 102 valence electrons. The van der Waals surface area contributed by atoms with Gasteiger partial charge in [-0.05, 0) is 18.1 Å². The third-order valence-electron chi connectivity index (χ3n) is 3.71. The van der Waals surface area contributed by atoms with Crippen LogP contribution in [0.2, 0.25) is 0 Å². The fourth-order valence-electron chi connectivity index (χ4n) is 2.31. The molecule has 1 N–H and O–H groups in total. The van der Waals surface area contributed by atoms with Gasteiger partial charge in [0.25, 0.3) is 0 Å². The summed E-state index contributed by atoms with van der Waals surface area (Å²) < 4.78 is 1.87. The van der Waals surface area contributed by atoms with E-state index in [0.717, 1.165) is 17.8 Å². The highest BCUT2D eigenvalue weighted by Crippen LogP contribution is 2.21. The SMILES string of the molecule is CCc1cc(CC(O)C(C)c2ccccc2)n(C)n1. The van der Waals surface area contributed by atoms with Crippen molar-refractivity contribution in [3.63, 3.8) is 0 Å². The smallest absolute Gasteiger partial charge is 0.0661 e. The molecule has 0 bridgehead atoms. The minimum Gasteiger partial charge on any atom is -0.392 e. The Morgan fingerprint density at radius 1 is 1.26 bits per heavy atom. The Hall–Kier alpha value is -1.61. The number of benzene rings is 1. The van der Waals surface area contributed by atoms with Crippen molar-refractivity contribution in [2.75, 3.05) is 0 Å². The van der Waals surface area contributed by atoms with Crippen LogP contribution >= 0.6 is 0 Å². The lowest BCUT2D eigenvalue weighted by molar-refractivity contribution is 0.147. The Bertz CT molecular complexity index is 519. The highest BCUT2D eigenvalue weighted by atomic mass is 16.3. The zero-order chi connectivity index (χ0) is 13.8. The summed E-state index contributed by atoms with van der Waals surface area (Å²) in [6.07, 6.45) is 1.18. The molecule has 0 aliphatic carbocycles. The van der Waals surface area contributed by atoms with Gasteiger partial charge in [0.1, 0.15) is 0 Å². The van der Waals surface area contributed by atoms with E-state index in [4.69, 9.17) is 0 Å². The van der Waals surface area contributed by atoms with Crippen molar-refractivity contribution < 1.29 is 5.11 Å². The van der Waals surface area contributed by atoms with Gasteiger partial charge in [-0.15, -0.1) is 0 Å². The maximum atomic E-state index is 10.4. The van der Waals surface area contributed by atoms with Gasteiger partial charge in [-0.2, -0.15) is 5.10 Å². The second-order valence-electron chi connectivity index (χ2n) is 5.08. The molecule has 0 fully saturated rings. The summed E-state index contributed by atoms with van der Waals surface area (Å²) in [5, 5.41) is 14.8. The van der Waals surface area contributed by atoms with Crippen LogP contribution in [0.4, 0.5) is 0 Å². The van der Waals surface area contributed by atoms with Crippen LogP contribution in [-0.2, 0) is 19.9 Å². The van der Waals surface area contributed by atoms with Crippen molar-refractivity contribution in [2.24, 2.45) is 7.05 Å². The second kappa shape index (κ2) is 6.02. The quantitative estimate of drug-likeness (QED) is 0.895. The van der Waals surface area contributed by atoms with E-state index in [1.807, 2.05) is 29.9 Å². The Morgan fingerprint density at radius 3 is 2.53 bits per heavy atom. The molecule has 0 aliphatic rings. The number of hydrogen-bond acceptors (Lipinski definition) is 2. The molecule has 0 aliphatic heterocycles. The lowest BCUT2D eigenvalue weighted by Crippen LogP contribution is -2.20. The number of aliphatic hydroxyl groups excluding tert-OH is 1. The van der Waals surface area contributed by atoms with E-state index in [1.54, 1.807) is 0 Å². The van der Waals surface area contributed by atoms with Crippen LogP contribution in [0, 0.1) is 0 Å². The molecule has 0 saturated carbocycles. The van der Waals surface area contributed by atoms with E-state index in [0.29, 0.717) is 6.42 Å². The number of hydrogen-bond donors (Lipinski definition) is 1. The molecule has 1 heterocycles. The summed E-state index contributed by atoms with van der Waals surface area (Å²) in [4.78, 5) is 0. The summed E-state index contributed by atoms with van der Waals surface area (Å²) in [5.74, 6) is 0.126. The molecular formula is C16H22N2O. The molecule has 1 aromatic heterocycles. The van der Waals surface area contributed by atoms with Crippen LogP contribution < -0.4 is 0 Å². The van der Waals surface area contributed by atoms with Gasteiger partial charge in [0.15, 0.2) is 0 Å². The molecule has 0 radical (unpaired) electrons. The van der Waals surface area contributed by atoms with E-state index < -0.39 is 0 Å². The van der Waals surface area contributed by atoms with Crippen molar-refractivity contribution in [1.29, 1.82) is 0 Å². The first-order chi connectivity index (χ1) is 9.11. The number of aliphatic hydroxyl groups is 1. The molecule has 0 saturated heterocycles. The minimum absolute atomic E-state index is 0.126. The highest BCUT2D eigenvalue weighted by Gasteiger charge is 2.18. The second-order valence-corrected chi connectivity index (χ2v) is 5.08. The Labute approximate surface area is 114 Å². The maximum absolute atomic E-state index is 10.4. The van der Waals surface area contributed by atoms with Crippen molar-refractivity contribution in [1.82, 2.24) is 9.78 Å². The van der Waals surface area contributed by atoms with Crippen LogP contribution in [0.5, 0.6) is 0 Å². The predicted molar refractivity (Wildman–Crippen MR) is 77.2 cm³/mol. The van der Waals surface area contributed by atoms with Gasteiger partial charge < -0.3 is 5.11 Å². The third kappa shape index (κ3) is 3.24. The molecule has 19 heavy (non-hydrogen) atoms. The minimum atomic E-state index is -0.387. The Kier molecular flexibility index (Phi) is 4.38. The predicted octanol–water partition coefficient (Wildman–Crippen LogP) is 2.69. The molecular weight excluding hydrogens is 236 g/mol. The molecule has 2 aromatic rings. The summed E-state index contributed by atoms with van der Waals surface area (Å²) in [6, 6.07) is 12.2. The van der Waals surface area contributed by atoms with Crippen molar-refractivity contribution >= 4 is 0 Å². The monoisotopic (exact) mass is 258 g/mol. The van der Waals surface area contributed by atoms with E-state index in [-0.39, 0.29) is 12.0 Å². The zero-order valence-corrected chi connectivity index (χ0v) is 11.9. The maximum Gasteiger partial charge on any atom is 0.0661 e. The standard InChI is InChI=1S/C16H22N2O/c1-4-14-10-15(18(3)17-14)11-16(19)12(2)13-8-6-5-7-9-13/h5-10,12,16,19H,4,11H2,1-3H3. The first kappa shape index (κ1) is 13.8. The zero-order valence-electron chi connectivity index (χ0n) is 11.9. The molecule has 2 rings (SSSR count). The Morgan fingerprint density at radius 2 is 1.95 bits per heavy atom. The van der Waals surface area contributed by atoms with Crippen molar-refractivity contribution in [3.05, 3.63) is 53.3 Å². The van der Waals surface area contributed by atoms with Gasteiger partial charge in [-0.25, -0.2) is 0 Å². The van der Waals surface area contributed by atoms with E-state index in [2.05, 4.69) is 37.1 Å². The van der Waals surface area contributed by atoms with Gasteiger partial charge in [-0.1, -0.05) is 44.2 Å². The van der Waals surface area contributed by atoms with Crippen LogP contribution in [0.25, 0.3) is 0 Å². The molecule has 1 aromatic carbocycles. The molecule has 2 atom stereocenters. The molecule has 0 spiro atoms. The van der Waals surface area contributed by atoms with Crippen molar-refractivity contribution in [2.45, 2.75) is 38.7 Å². The number of nitrogens with zero attached hydrogens (tertiary/aromatic N) is 2. The summed E-state index contributed by atoms with van der Waals surface area (Å²) in [5.41, 5.74) is 3.34. The molecule has 3 nitrogen and oxygen atoms in total. The third-order valence-corrected chi connectivity index (χ3v) is 3.71. The van der Waals surface area contributed by atoms with E-state index in [1.165, 1.54) is 5.56 Å². The van der Waals surface area contributed by atoms with Crippen LogP contribution in [0.3, 0.4) is 0 Å². The normalized spacial score (nSPS) is 14.3. The fourth-order valence-corrected chi connectivity index (χ4v) is 2.31. The average molecular weight is 258 g/mol. The van der Waals surface area contributed by atoms with Gasteiger partial charge in [0.05, 0.1) is 11.8 Å². The van der Waals surface area contributed by atoms with Gasteiger partial charge in [0, 0.05) is 25.1 Å². The topological polar surface area (TPSA) is 38.0 Å². The summed E-state index contributed by atoms with van der Waals surface area (Å²) in [7, 11) is 1.94. The van der Waals surface area contributed by atoms with E-state index >= 15 is 0 Å². The first-order valence-electron chi connectivity index (χ1n) is 6.86. The fraction of sp³-hybridized carbons (Fsp3) is 0.438. The van der Waals surface area contributed by atoms with Gasteiger partial charge >= 0.3 is 0 Å². The highest BCUT2D eigenvalue weighted by molar-refractivity contribution is 5.21. The molecule has 2 unspecified atom stereocenters. The number of aromatic nitrogens is 2.